The highest BCUT2D eigenvalue weighted by molar-refractivity contribution is 5.70. The van der Waals surface area contributed by atoms with Gasteiger partial charge in [0.25, 0.3) is 0 Å². The van der Waals surface area contributed by atoms with Crippen LogP contribution in [0.3, 0.4) is 0 Å². The number of allylic oxidation sites excluding steroid dienone is 2. The maximum atomic E-state index is 4.35. The third-order valence-corrected chi connectivity index (χ3v) is 2.70. The van der Waals surface area contributed by atoms with Gasteiger partial charge in [0.05, 0.1) is 6.54 Å². The maximum absolute atomic E-state index is 4.35. The summed E-state index contributed by atoms with van der Waals surface area (Å²) in [5, 5.41) is 0. The van der Waals surface area contributed by atoms with Gasteiger partial charge in [-0.3, -0.25) is 9.89 Å². The molecular weight excluding hydrogens is 186 g/mol. The van der Waals surface area contributed by atoms with Crippen molar-refractivity contribution in [1.29, 1.82) is 0 Å². The maximum Gasteiger partial charge on any atom is 0.0516 e. The molecule has 1 saturated heterocycles. The van der Waals surface area contributed by atoms with E-state index in [-0.39, 0.29) is 0 Å². The van der Waals surface area contributed by atoms with Gasteiger partial charge in [-0.2, -0.15) is 0 Å². The number of rotatable bonds is 5. The van der Waals surface area contributed by atoms with Gasteiger partial charge in [0, 0.05) is 38.9 Å². The van der Waals surface area contributed by atoms with E-state index >= 15 is 0 Å². The summed E-state index contributed by atoms with van der Waals surface area (Å²) < 4.78 is 0. The molecule has 3 nitrogen and oxygen atoms in total. The average molecular weight is 209 g/mol. The smallest absolute Gasteiger partial charge is 0.0516 e. The summed E-state index contributed by atoms with van der Waals surface area (Å²) in [7, 11) is 2.19. The van der Waals surface area contributed by atoms with Gasteiger partial charge in [-0.25, -0.2) is 0 Å². The van der Waals surface area contributed by atoms with Gasteiger partial charge in [-0.05, 0) is 19.5 Å². The van der Waals surface area contributed by atoms with Crippen LogP contribution in [0.2, 0.25) is 0 Å². The van der Waals surface area contributed by atoms with E-state index in [0.29, 0.717) is 0 Å². The van der Waals surface area contributed by atoms with Crippen molar-refractivity contribution in [2.24, 2.45) is 4.99 Å². The highest BCUT2D eigenvalue weighted by Crippen LogP contribution is 1.97. The minimum absolute atomic E-state index is 0.928. The molecule has 1 heterocycles. The monoisotopic (exact) mass is 209 g/mol. The van der Waals surface area contributed by atoms with Crippen molar-refractivity contribution in [2.45, 2.75) is 13.3 Å². The molecule has 0 N–H and O–H groups in total. The molecule has 3 heteroatoms. The molecule has 0 bridgehead atoms. The SMILES string of the molecule is CC/C=C\C=NCCN1CCN(C)CC1. The van der Waals surface area contributed by atoms with Crippen molar-refractivity contribution < 1.29 is 0 Å². The lowest BCUT2D eigenvalue weighted by Crippen LogP contribution is -2.45. The van der Waals surface area contributed by atoms with Crippen LogP contribution in [-0.2, 0) is 0 Å². The lowest BCUT2D eigenvalue weighted by molar-refractivity contribution is 0.157. The first-order valence-electron chi connectivity index (χ1n) is 5.88. The molecule has 0 amide bonds. The van der Waals surface area contributed by atoms with Crippen LogP contribution in [0.15, 0.2) is 17.1 Å². The zero-order valence-corrected chi connectivity index (χ0v) is 10.0. The first-order chi connectivity index (χ1) is 7.33. The molecule has 0 spiro atoms. The summed E-state index contributed by atoms with van der Waals surface area (Å²) in [6.45, 7) is 8.93. The van der Waals surface area contributed by atoms with Crippen molar-refractivity contribution >= 4 is 6.21 Å². The average Bonchev–Trinajstić information content (AvgIpc) is 2.26. The topological polar surface area (TPSA) is 18.8 Å². The minimum Gasteiger partial charge on any atom is -0.304 e. The van der Waals surface area contributed by atoms with Crippen LogP contribution in [0.5, 0.6) is 0 Å². The Morgan fingerprint density at radius 2 is 1.93 bits per heavy atom. The zero-order valence-electron chi connectivity index (χ0n) is 10.0. The predicted molar refractivity (Wildman–Crippen MR) is 66.7 cm³/mol. The Morgan fingerprint density at radius 3 is 2.60 bits per heavy atom. The highest BCUT2D eigenvalue weighted by Gasteiger charge is 2.12. The van der Waals surface area contributed by atoms with E-state index in [0.717, 1.165) is 19.5 Å². The van der Waals surface area contributed by atoms with E-state index in [9.17, 15) is 0 Å². The fraction of sp³-hybridized carbons (Fsp3) is 0.750. The second-order valence-electron chi connectivity index (χ2n) is 4.04. The number of hydrogen-bond donors (Lipinski definition) is 0. The molecular formula is C12H23N3. The first-order valence-corrected chi connectivity index (χ1v) is 5.88. The Kier molecular flexibility index (Phi) is 6.28. The lowest BCUT2D eigenvalue weighted by atomic mass is 10.3. The number of likely N-dealkylation sites (N-methyl/N-ethyl adjacent to an activating group) is 1. The predicted octanol–water partition coefficient (Wildman–Crippen LogP) is 1.27. The van der Waals surface area contributed by atoms with Crippen LogP contribution in [0.1, 0.15) is 13.3 Å². The summed E-state index contributed by atoms with van der Waals surface area (Å²) in [6, 6.07) is 0. The van der Waals surface area contributed by atoms with Crippen molar-refractivity contribution in [3.05, 3.63) is 12.2 Å². The second kappa shape index (κ2) is 7.60. The first kappa shape index (κ1) is 12.4. The molecule has 0 radical (unpaired) electrons. The fourth-order valence-corrected chi connectivity index (χ4v) is 1.60. The third-order valence-electron chi connectivity index (χ3n) is 2.70. The number of hydrogen-bond acceptors (Lipinski definition) is 3. The molecule has 1 aliphatic rings. The normalized spacial score (nSPS) is 20.7. The van der Waals surface area contributed by atoms with E-state index in [1.165, 1.54) is 26.2 Å². The van der Waals surface area contributed by atoms with Crippen LogP contribution in [0, 0.1) is 0 Å². The van der Waals surface area contributed by atoms with Gasteiger partial charge in [0.15, 0.2) is 0 Å². The van der Waals surface area contributed by atoms with Crippen LogP contribution in [-0.4, -0.2) is 62.3 Å². The quantitative estimate of drug-likeness (QED) is 0.635. The summed E-state index contributed by atoms with van der Waals surface area (Å²) in [4.78, 5) is 9.22. The summed E-state index contributed by atoms with van der Waals surface area (Å²) >= 11 is 0. The number of piperazine rings is 1. The molecule has 1 fully saturated rings. The molecule has 0 aromatic rings. The Balaban J connectivity index is 2.05. The minimum atomic E-state index is 0.928. The van der Waals surface area contributed by atoms with E-state index in [1.807, 2.05) is 12.3 Å². The lowest BCUT2D eigenvalue weighted by Gasteiger charge is -2.31. The Labute approximate surface area is 93.5 Å². The van der Waals surface area contributed by atoms with E-state index in [4.69, 9.17) is 0 Å². The molecule has 0 saturated carbocycles. The molecule has 15 heavy (non-hydrogen) atoms. The van der Waals surface area contributed by atoms with Crippen LogP contribution < -0.4 is 0 Å². The zero-order chi connectivity index (χ0) is 10.9. The number of nitrogens with zero attached hydrogens (tertiary/aromatic N) is 3. The van der Waals surface area contributed by atoms with Gasteiger partial charge in [0.2, 0.25) is 0 Å². The Bertz CT molecular complexity index is 203. The van der Waals surface area contributed by atoms with Crippen LogP contribution in [0.25, 0.3) is 0 Å². The van der Waals surface area contributed by atoms with Gasteiger partial charge in [0.1, 0.15) is 0 Å². The second-order valence-corrected chi connectivity index (χ2v) is 4.04. The van der Waals surface area contributed by atoms with Gasteiger partial charge >= 0.3 is 0 Å². The molecule has 1 aliphatic heterocycles. The molecule has 0 aliphatic carbocycles. The van der Waals surface area contributed by atoms with Crippen LogP contribution in [0.4, 0.5) is 0 Å². The van der Waals surface area contributed by atoms with Gasteiger partial charge in [-0.15, -0.1) is 0 Å². The Hall–Kier alpha value is -0.670. The standard InChI is InChI=1S/C12H23N3/c1-3-4-5-6-13-7-8-15-11-9-14(2)10-12-15/h4-6H,3,7-12H2,1-2H3/b5-4-,13-6?. The highest BCUT2D eigenvalue weighted by atomic mass is 15.2. The van der Waals surface area contributed by atoms with E-state index in [2.05, 4.69) is 34.8 Å². The number of aliphatic imine (C=N–C) groups is 1. The molecule has 1 rings (SSSR count). The van der Waals surface area contributed by atoms with E-state index < -0.39 is 0 Å². The molecule has 0 atom stereocenters. The Morgan fingerprint density at radius 1 is 1.20 bits per heavy atom. The van der Waals surface area contributed by atoms with E-state index in [1.54, 1.807) is 0 Å². The molecule has 86 valence electrons. The van der Waals surface area contributed by atoms with Gasteiger partial charge in [-0.1, -0.05) is 13.0 Å². The van der Waals surface area contributed by atoms with Crippen molar-refractivity contribution in [1.82, 2.24) is 9.80 Å². The largest absolute Gasteiger partial charge is 0.304 e. The van der Waals surface area contributed by atoms with Crippen molar-refractivity contribution in [3.8, 4) is 0 Å². The molecule has 0 aromatic heterocycles. The van der Waals surface area contributed by atoms with Crippen molar-refractivity contribution in [3.63, 3.8) is 0 Å². The van der Waals surface area contributed by atoms with Crippen molar-refractivity contribution in [2.75, 3.05) is 46.3 Å². The molecule has 0 aromatic carbocycles. The third kappa shape index (κ3) is 5.70. The summed E-state index contributed by atoms with van der Waals surface area (Å²) in [5.74, 6) is 0. The molecule has 0 unspecified atom stereocenters. The summed E-state index contributed by atoms with van der Waals surface area (Å²) in [6.07, 6.45) is 7.16. The van der Waals surface area contributed by atoms with Crippen LogP contribution >= 0.6 is 0 Å². The fourth-order valence-electron chi connectivity index (χ4n) is 1.60. The van der Waals surface area contributed by atoms with Gasteiger partial charge < -0.3 is 4.90 Å². The summed E-state index contributed by atoms with van der Waals surface area (Å²) in [5.41, 5.74) is 0.